The van der Waals surface area contributed by atoms with Crippen molar-refractivity contribution in [3.8, 4) is 23.0 Å². The molecule has 3 aromatic rings. The van der Waals surface area contributed by atoms with Gasteiger partial charge in [-0.05, 0) is 69.7 Å². The van der Waals surface area contributed by atoms with Crippen LogP contribution < -0.4 is 9.47 Å². The van der Waals surface area contributed by atoms with Gasteiger partial charge >= 0.3 is 12.1 Å². The molecule has 1 N–H and O–H groups in total. The van der Waals surface area contributed by atoms with Gasteiger partial charge in [0.1, 0.15) is 18.1 Å². The molecule has 3 rings (SSSR count). The van der Waals surface area contributed by atoms with E-state index >= 15 is 0 Å². The van der Waals surface area contributed by atoms with Crippen molar-refractivity contribution in [1.29, 1.82) is 0 Å². The number of hydrogen-bond donors (Lipinski definition) is 1. The van der Waals surface area contributed by atoms with Crippen molar-refractivity contribution in [2.75, 3.05) is 0 Å². The van der Waals surface area contributed by atoms with Crippen molar-refractivity contribution in [1.82, 2.24) is 4.98 Å². The van der Waals surface area contributed by atoms with E-state index in [9.17, 15) is 23.1 Å². The van der Waals surface area contributed by atoms with Crippen molar-refractivity contribution in [3.05, 3.63) is 65.0 Å². The van der Waals surface area contributed by atoms with Gasteiger partial charge in [0, 0.05) is 11.6 Å². The molecule has 0 spiro atoms. The van der Waals surface area contributed by atoms with Crippen LogP contribution in [0.3, 0.4) is 0 Å². The molecule has 1 aromatic heterocycles. The predicted molar refractivity (Wildman–Crippen MR) is 110 cm³/mol. The van der Waals surface area contributed by atoms with E-state index in [4.69, 9.17) is 13.9 Å². The molecule has 0 amide bonds. The molecule has 0 bridgehead atoms. The average Bonchev–Trinajstić information content (AvgIpc) is 3.05. The zero-order chi connectivity index (χ0) is 23.7. The lowest BCUT2D eigenvalue weighted by molar-refractivity contribution is -0.152. The number of oxazole rings is 1. The molecule has 0 radical (unpaired) electrons. The summed E-state index contributed by atoms with van der Waals surface area (Å²) in [5.41, 5.74) is -0.413. The van der Waals surface area contributed by atoms with Crippen molar-refractivity contribution in [2.24, 2.45) is 0 Å². The van der Waals surface area contributed by atoms with E-state index < -0.39 is 23.3 Å². The molecule has 0 fully saturated rings. The SMILES string of the molecule is Cc1cc(OCc2oc(-c3ccc(C(F)(F)F)cc3)nc2C)cc(OC(C)(C)C(=O)O)c1. The Labute approximate surface area is 182 Å². The number of aromatic nitrogens is 1. The summed E-state index contributed by atoms with van der Waals surface area (Å²) in [4.78, 5) is 15.6. The minimum absolute atomic E-state index is 0.0185. The van der Waals surface area contributed by atoms with Crippen LogP contribution in [0.4, 0.5) is 13.2 Å². The van der Waals surface area contributed by atoms with Crippen LogP contribution in [0.2, 0.25) is 0 Å². The van der Waals surface area contributed by atoms with Gasteiger partial charge in [0.2, 0.25) is 5.89 Å². The first-order chi connectivity index (χ1) is 14.8. The number of carboxylic acid groups (broad SMARTS) is 1. The maximum atomic E-state index is 12.7. The van der Waals surface area contributed by atoms with E-state index in [1.165, 1.54) is 26.0 Å². The smallest absolute Gasteiger partial charge is 0.416 e. The Hall–Kier alpha value is -3.49. The number of aliphatic carboxylic acids is 1. The minimum Gasteiger partial charge on any atom is -0.485 e. The van der Waals surface area contributed by atoms with Crippen LogP contribution in [0, 0.1) is 13.8 Å². The molecule has 0 atom stereocenters. The molecule has 32 heavy (non-hydrogen) atoms. The van der Waals surface area contributed by atoms with Crippen LogP contribution in [0.5, 0.6) is 11.5 Å². The Balaban J connectivity index is 1.74. The first kappa shape index (κ1) is 23.2. The van der Waals surface area contributed by atoms with Crippen LogP contribution in [-0.2, 0) is 17.6 Å². The topological polar surface area (TPSA) is 81.8 Å². The van der Waals surface area contributed by atoms with Gasteiger partial charge in [0.05, 0.1) is 11.3 Å². The number of carbonyl (C=O) groups is 1. The van der Waals surface area contributed by atoms with Gasteiger partial charge in [0.15, 0.2) is 11.4 Å². The number of halogens is 3. The third kappa shape index (κ3) is 5.40. The summed E-state index contributed by atoms with van der Waals surface area (Å²) in [6.45, 7) is 6.42. The quantitative estimate of drug-likeness (QED) is 0.491. The Morgan fingerprint density at radius 1 is 1.06 bits per heavy atom. The minimum atomic E-state index is -4.42. The summed E-state index contributed by atoms with van der Waals surface area (Å²) in [5, 5.41) is 9.24. The molecular weight excluding hydrogens is 427 g/mol. The second-order valence-electron chi connectivity index (χ2n) is 7.79. The van der Waals surface area contributed by atoms with Gasteiger partial charge in [-0.2, -0.15) is 13.2 Å². The van der Waals surface area contributed by atoms with Gasteiger partial charge in [-0.15, -0.1) is 0 Å². The number of nitrogens with zero attached hydrogens (tertiary/aromatic N) is 1. The highest BCUT2D eigenvalue weighted by atomic mass is 19.4. The molecule has 6 nitrogen and oxygen atoms in total. The van der Waals surface area contributed by atoms with Gasteiger partial charge in [-0.1, -0.05) is 0 Å². The lowest BCUT2D eigenvalue weighted by Gasteiger charge is -2.22. The number of rotatable bonds is 7. The van der Waals surface area contributed by atoms with E-state index in [0.29, 0.717) is 28.5 Å². The monoisotopic (exact) mass is 449 g/mol. The van der Waals surface area contributed by atoms with Crippen molar-refractivity contribution >= 4 is 5.97 Å². The molecule has 0 saturated heterocycles. The molecule has 2 aromatic carbocycles. The average molecular weight is 449 g/mol. The predicted octanol–water partition coefficient (Wildman–Crippen LogP) is 5.80. The highest BCUT2D eigenvalue weighted by Crippen LogP contribution is 2.32. The molecule has 0 aliphatic carbocycles. The van der Waals surface area contributed by atoms with Crippen LogP contribution in [0.1, 0.15) is 36.4 Å². The zero-order valence-corrected chi connectivity index (χ0v) is 17.9. The summed E-state index contributed by atoms with van der Waals surface area (Å²) in [6.07, 6.45) is -4.42. The molecule has 9 heteroatoms. The van der Waals surface area contributed by atoms with Gasteiger partial charge < -0.3 is 19.0 Å². The highest BCUT2D eigenvalue weighted by molar-refractivity contribution is 5.76. The number of ether oxygens (including phenoxy) is 2. The van der Waals surface area contributed by atoms with Crippen molar-refractivity contribution < 1.29 is 37.0 Å². The van der Waals surface area contributed by atoms with E-state index in [-0.39, 0.29) is 12.5 Å². The van der Waals surface area contributed by atoms with Crippen LogP contribution in [-0.4, -0.2) is 21.7 Å². The van der Waals surface area contributed by atoms with Gasteiger partial charge in [-0.3, -0.25) is 0 Å². The van der Waals surface area contributed by atoms with E-state index in [1.807, 2.05) is 6.92 Å². The Kier molecular flexibility index (Phi) is 6.20. The lowest BCUT2D eigenvalue weighted by atomic mass is 10.1. The van der Waals surface area contributed by atoms with Crippen LogP contribution >= 0.6 is 0 Å². The highest BCUT2D eigenvalue weighted by Gasteiger charge is 2.30. The second-order valence-corrected chi connectivity index (χ2v) is 7.79. The summed E-state index contributed by atoms with van der Waals surface area (Å²) < 4.78 is 55.3. The third-order valence-electron chi connectivity index (χ3n) is 4.63. The number of hydrogen-bond acceptors (Lipinski definition) is 5. The molecule has 0 aliphatic heterocycles. The van der Waals surface area contributed by atoms with Gasteiger partial charge in [0.25, 0.3) is 0 Å². The van der Waals surface area contributed by atoms with Crippen molar-refractivity contribution in [3.63, 3.8) is 0 Å². The molecule has 170 valence electrons. The van der Waals surface area contributed by atoms with Crippen molar-refractivity contribution in [2.45, 2.75) is 46.1 Å². The zero-order valence-electron chi connectivity index (χ0n) is 17.9. The Bertz CT molecular complexity index is 1120. The molecule has 1 heterocycles. The number of aryl methyl sites for hydroxylation is 2. The molecular formula is C23H22F3NO5. The number of benzene rings is 2. The third-order valence-corrected chi connectivity index (χ3v) is 4.63. The van der Waals surface area contributed by atoms with Gasteiger partial charge in [-0.25, -0.2) is 9.78 Å². The first-order valence-electron chi connectivity index (χ1n) is 9.66. The fraction of sp³-hybridized carbons (Fsp3) is 0.304. The molecule has 0 aliphatic rings. The fourth-order valence-electron chi connectivity index (χ4n) is 2.83. The Morgan fingerprint density at radius 2 is 1.69 bits per heavy atom. The summed E-state index contributed by atoms with van der Waals surface area (Å²) in [5.74, 6) is 0.274. The normalized spacial score (nSPS) is 12.0. The van der Waals surface area contributed by atoms with E-state index in [2.05, 4.69) is 4.98 Å². The second kappa shape index (κ2) is 8.57. The molecule has 0 unspecified atom stereocenters. The molecule has 0 saturated carbocycles. The summed E-state index contributed by atoms with van der Waals surface area (Å²) in [6, 6.07) is 9.55. The lowest BCUT2D eigenvalue weighted by Crippen LogP contribution is -2.37. The number of carboxylic acids is 1. The van der Waals surface area contributed by atoms with E-state index in [1.54, 1.807) is 25.1 Å². The van der Waals surface area contributed by atoms with Crippen LogP contribution in [0.15, 0.2) is 46.9 Å². The largest absolute Gasteiger partial charge is 0.485 e. The maximum absolute atomic E-state index is 12.7. The first-order valence-corrected chi connectivity index (χ1v) is 9.66. The van der Waals surface area contributed by atoms with E-state index in [0.717, 1.165) is 17.7 Å². The summed E-state index contributed by atoms with van der Waals surface area (Å²) in [7, 11) is 0. The summed E-state index contributed by atoms with van der Waals surface area (Å²) >= 11 is 0. The number of alkyl halides is 3. The van der Waals surface area contributed by atoms with Crippen LogP contribution in [0.25, 0.3) is 11.5 Å². The fourth-order valence-corrected chi connectivity index (χ4v) is 2.83. The maximum Gasteiger partial charge on any atom is 0.416 e. The standard InChI is InChI=1S/C23H22F3NO5/c1-13-9-17(11-18(10-13)32-22(3,4)21(28)29)30-12-19-14(2)27-20(31-19)15-5-7-16(8-6-15)23(24,25)26/h5-11H,12H2,1-4H3,(H,28,29). The Morgan fingerprint density at radius 3 is 2.28 bits per heavy atom.